The first-order chi connectivity index (χ1) is 13.0. The van der Waals surface area contributed by atoms with Crippen molar-refractivity contribution in [3.8, 4) is 11.6 Å². The molecule has 0 saturated heterocycles. The molecule has 0 atom stereocenters. The van der Waals surface area contributed by atoms with Crippen LogP contribution >= 0.6 is 0 Å². The van der Waals surface area contributed by atoms with E-state index in [-0.39, 0.29) is 0 Å². The predicted molar refractivity (Wildman–Crippen MR) is 108 cm³/mol. The highest BCUT2D eigenvalue weighted by Crippen LogP contribution is 2.23. The van der Waals surface area contributed by atoms with Gasteiger partial charge in [0.25, 0.3) is 0 Å². The summed E-state index contributed by atoms with van der Waals surface area (Å²) in [5.41, 5.74) is 4.68. The van der Waals surface area contributed by atoms with E-state index in [0.29, 0.717) is 19.1 Å². The van der Waals surface area contributed by atoms with Crippen molar-refractivity contribution in [2.45, 2.75) is 33.6 Å². The molecule has 0 bridgehead atoms. The van der Waals surface area contributed by atoms with Gasteiger partial charge in [-0.15, -0.1) is 5.10 Å². The minimum Gasteiger partial charge on any atom is -0.490 e. The van der Waals surface area contributed by atoms with Gasteiger partial charge in [-0.05, 0) is 62.4 Å². The highest BCUT2D eigenvalue weighted by molar-refractivity contribution is 5.77. The lowest BCUT2D eigenvalue weighted by Gasteiger charge is -2.13. The van der Waals surface area contributed by atoms with Crippen molar-refractivity contribution >= 4 is 6.21 Å². The lowest BCUT2D eigenvalue weighted by Crippen LogP contribution is -2.03. The topological polar surface area (TPSA) is 57.9 Å². The van der Waals surface area contributed by atoms with Crippen LogP contribution in [0.3, 0.4) is 0 Å². The average molecular weight is 371 g/mol. The Kier molecular flexibility index (Phi) is 7.92. The van der Waals surface area contributed by atoms with Gasteiger partial charge in [-0.3, -0.25) is 4.68 Å². The fourth-order valence-corrected chi connectivity index (χ4v) is 2.85. The summed E-state index contributed by atoms with van der Waals surface area (Å²) in [6, 6.07) is 6.05. The molecule has 146 valence electrons. The quantitative estimate of drug-likeness (QED) is 0.274. The second-order valence-electron chi connectivity index (χ2n) is 6.32. The maximum Gasteiger partial charge on any atom is 0.233 e. The smallest absolute Gasteiger partial charge is 0.233 e. The normalized spacial score (nSPS) is 11.4. The van der Waals surface area contributed by atoms with Gasteiger partial charge in [0.05, 0.1) is 18.5 Å². The molecule has 0 aliphatic carbocycles. The molecule has 2 aromatic rings. The van der Waals surface area contributed by atoms with Gasteiger partial charge in [0.1, 0.15) is 19.5 Å². The number of hydrogen-bond donors (Lipinski definition) is 0. The number of hydrogen-bond acceptors (Lipinski definition) is 5. The third-order valence-electron chi connectivity index (χ3n) is 4.26. The van der Waals surface area contributed by atoms with E-state index in [0.717, 1.165) is 24.3 Å². The Morgan fingerprint density at radius 3 is 2.56 bits per heavy atom. The van der Waals surface area contributed by atoms with Crippen LogP contribution in [0.15, 0.2) is 35.5 Å². The molecule has 27 heavy (non-hydrogen) atoms. The number of allylic oxidation sites excluding steroid dienone is 1. The van der Waals surface area contributed by atoms with E-state index >= 15 is 0 Å². The SMILES string of the molecule is C/C=C/COc1cc(C)c(CCCOc2cc(C=NOC)n(C)n2)c(C)c1. The van der Waals surface area contributed by atoms with E-state index < -0.39 is 0 Å². The first-order valence-corrected chi connectivity index (χ1v) is 9.12. The minimum absolute atomic E-state index is 0.594. The number of nitrogens with zero attached hydrogens (tertiary/aromatic N) is 3. The highest BCUT2D eigenvalue weighted by Gasteiger charge is 2.08. The molecule has 1 heterocycles. The molecule has 0 unspecified atom stereocenters. The van der Waals surface area contributed by atoms with Crippen molar-refractivity contribution in [3.05, 3.63) is 52.7 Å². The maximum atomic E-state index is 5.77. The van der Waals surface area contributed by atoms with E-state index in [1.165, 1.54) is 23.8 Å². The third-order valence-corrected chi connectivity index (χ3v) is 4.26. The molecule has 0 aliphatic heterocycles. The monoisotopic (exact) mass is 371 g/mol. The summed E-state index contributed by atoms with van der Waals surface area (Å²) >= 11 is 0. The number of oxime groups is 1. The molecule has 0 aliphatic rings. The van der Waals surface area contributed by atoms with Gasteiger partial charge in [0, 0.05) is 13.1 Å². The minimum atomic E-state index is 0.594. The number of rotatable bonds is 10. The fourth-order valence-electron chi connectivity index (χ4n) is 2.85. The van der Waals surface area contributed by atoms with Crippen LogP contribution in [0.1, 0.15) is 35.7 Å². The summed E-state index contributed by atoms with van der Waals surface area (Å²) in [6.45, 7) is 7.46. The summed E-state index contributed by atoms with van der Waals surface area (Å²) < 4.78 is 13.2. The molecule has 0 saturated carbocycles. The number of aryl methyl sites for hydroxylation is 3. The zero-order chi connectivity index (χ0) is 19.6. The van der Waals surface area contributed by atoms with E-state index in [2.05, 4.69) is 36.2 Å². The Bertz CT molecular complexity index is 771. The first kappa shape index (κ1) is 20.6. The zero-order valence-corrected chi connectivity index (χ0v) is 16.9. The van der Waals surface area contributed by atoms with Crippen LogP contribution in [0.4, 0.5) is 0 Å². The van der Waals surface area contributed by atoms with Crippen molar-refractivity contribution in [1.29, 1.82) is 0 Å². The molecule has 1 aromatic carbocycles. The van der Waals surface area contributed by atoms with Crippen LogP contribution in [0.5, 0.6) is 11.6 Å². The molecule has 0 N–H and O–H groups in total. The van der Waals surface area contributed by atoms with Gasteiger partial charge in [-0.25, -0.2) is 0 Å². The largest absolute Gasteiger partial charge is 0.490 e. The van der Waals surface area contributed by atoms with Gasteiger partial charge in [-0.2, -0.15) is 0 Å². The number of benzene rings is 1. The van der Waals surface area contributed by atoms with E-state index in [4.69, 9.17) is 14.3 Å². The van der Waals surface area contributed by atoms with Crippen molar-refractivity contribution < 1.29 is 14.3 Å². The standard InChI is InChI=1S/C21H29N3O3/c1-6-7-10-26-19-12-16(2)20(17(3)13-19)9-8-11-27-21-14-18(15-22-25-5)24(4)23-21/h6-7,12-15H,8-11H2,1-5H3/b7-6+,22-15?. The van der Waals surface area contributed by atoms with Gasteiger partial charge in [0.15, 0.2) is 0 Å². The Hall–Kier alpha value is -2.76. The van der Waals surface area contributed by atoms with E-state index in [1.807, 2.05) is 32.2 Å². The molecule has 0 amide bonds. The third kappa shape index (κ3) is 6.16. The summed E-state index contributed by atoms with van der Waals surface area (Å²) in [5.74, 6) is 1.51. The second-order valence-corrected chi connectivity index (χ2v) is 6.32. The first-order valence-electron chi connectivity index (χ1n) is 9.12. The highest BCUT2D eigenvalue weighted by atomic mass is 16.6. The van der Waals surface area contributed by atoms with Crippen LogP contribution in [0.25, 0.3) is 0 Å². The summed E-state index contributed by atoms with van der Waals surface area (Å²) in [4.78, 5) is 4.69. The molecule has 0 radical (unpaired) electrons. The Morgan fingerprint density at radius 2 is 1.89 bits per heavy atom. The lowest BCUT2D eigenvalue weighted by atomic mass is 9.98. The van der Waals surface area contributed by atoms with Gasteiger partial charge in [0.2, 0.25) is 5.88 Å². The van der Waals surface area contributed by atoms with Crippen molar-refractivity contribution in [1.82, 2.24) is 9.78 Å². The molecule has 0 fully saturated rings. The van der Waals surface area contributed by atoms with Crippen LogP contribution in [0, 0.1) is 13.8 Å². The van der Waals surface area contributed by atoms with Crippen molar-refractivity contribution in [2.24, 2.45) is 12.2 Å². The zero-order valence-electron chi connectivity index (χ0n) is 16.9. The van der Waals surface area contributed by atoms with Crippen LogP contribution in [-0.2, 0) is 18.3 Å². The van der Waals surface area contributed by atoms with Gasteiger partial charge < -0.3 is 14.3 Å². The molecular weight excluding hydrogens is 342 g/mol. The van der Waals surface area contributed by atoms with Crippen LogP contribution in [0.2, 0.25) is 0 Å². The van der Waals surface area contributed by atoms with Gasteiger partial charge in [-0.1, -0.05) is 17.3 Å². The molecule has 2 rings (SSSR count). The Balaban J connectivity index is 1.87. The number of ether oxygens (including phenoxy) is 2. The van der Waals surface area contributed by atoms with E-state index in [9.17, 15) is 0 Å². The van der Waals surface area contributed by atoms with Crippen molar-refractivity contribution in [3.63, 3.8) is 0 Å². The van der Waals surface area contributed by atoms with Crippen molar-refractivity contribution in [2.75, 3.05) is 20.3 Å². The molecule has 6 nitrogen and oxygen atoms in total. The lowest BCUT2D eigenvalue weighted by molar-refractivity contribution is 0.215. The average Bonchev–Trinajstić information content (AvgIpc) is 2.98. The molecule has 6 heteroatoms. The fraction of sp³-hybridized carbons (Fsp3) is 0.429. The Morgan fingerprint density at radius 1 is 1.15 bits per heavy atom. The Labute approximate surface area is 161 Å². The maximum absolute atomic E-state index is 5.77. The number of aromatic nitrogens is 2. The summed E-state index contributed by atoms with van der Waals surface area (Å²) in [5, 5.41) is 8.06. The summed E-state index contributed by atoms with van der Waals surface area (Å²) in [6.07, 6.45) is 7.46. The molecular formula is C21H29N3O3. The predicted octanol–water partition coefficient (Wildman–Crippen LogP) is 3.98. The van der Waals surface area contributed by atoms with Crippen LogP contribution < -0.4 is 9.47 Å². The van der Waals surface area contributed by atoms with Gasteiger partial charge >= 0.3 is 0 Å². The van der Waals surface area contributed by atoms with Crippen LogP contribution in [-0.4, -0.2) is 36.3 Å². The molecule has 0 spiro atoms. The summed E-state index contributed by atoms with van der Waals surface area (Å²) in [7, 11) is 3.35. The second kappa shape index (κ2) is 10.4. The van der Waals surface area contributed by atoms with E-state index in [1.54, 1.807) is 10.9 Å². The molecule has 1 aromatic heterocycles.